The summed E-state index contributed by atoms with van der Waals surface area (Å²) in [5.41, 5.74) is 3.12. The number of methoxy groups -OCH3 is 2. The Morgan fingerprint density at radius 3 is 2.42 bits per heavy atom. The van der Waals surface area contributed by atoms with Gasteiger partial charge in [0.05, 0.1) is 32.4 Å². The van der Waals surface area contributed by atoms with Crippen molar-refractivity contribution in [1.82, 2.24) is 0 Å². The molecular formula is C31H28ClNO7. The fourth-order valence-corrected chi connectivity index (χ4v) is 5.31. The first-order valence-corrected chi connectivity index (χ1v) is 13.0. The molecule has 0 saturated heterocycles. The van der Waals surface area contributed by atoms with E-state index in [1.165, 1.54) is 25.2 Å². The molecule has 1 N–H and O–H groups in total. The summed E-state index contributed by atoms with van der Waals surface area (Å²) in [5, 5.41) is 12.2. The van der Waals surface area contributed by atoms with E-state index in [0.29, 0.717) is 51.1 Å². The number of anilines is 1. The average molecular weight is 562 g/mol. The summed E-state index contributed by atoms with van der Waals surface area (Å²) in [4.78, 5) is 29.2. The molecular weight excluding hydrogens is 534 g/mol. The Morgan fingerprint density at radius 2 is 1.75 bits per heavy atom. The summed E-state index contributed by atoms with van der Waals surface area (Å²) in [7, 11) is 3.00. The van der Waals surface area contributed by atoms with Crippen molar-refractivity contribution in [3.05, 3.63) is 93.4 Å². The molecule has 40 heavy (non-hydrogen) atoms. The maximum absolute atomic E-state index is 14.1. The average Bonchev–Trinajstić information content (AvgIpc) is 3.47. The smallest absolute Gasteiger partial charge is 0.294 e. The number of nitrogens with zero attached hydrogens (tertiary/aromatic N) is 1. The number of fused-ring (bicyclic) bond motifs is 1. The Labute approximate surface area is 236 Å². The summed E-state index contributed by atoms with van der Waals surface area (Å²) in [6.45, 7) is 6.04. The van der Waals surface area contributed by atoms with E-state index in [1.807, 2.05) is 32.9 Å². The number of benzene rings is 3. The van der Waals surface area contributed by atoms with E-state index < -0.39 is 23.5 Å². The second kappa shape index (κ2) is 10.6. The van der Waals surface area contributed by atoms with E-state index in [9.17, 15) is 14.7 Å². The number of aliphatic hydroxyl groups excluding tert-OH is 1. The molecule has 2 heterocycles. The number of amides is 1. The Bertz CT molecular complexity index is 1690. The zero-order valence-corrected chi connectivity index (χ0v) is 23.5. The third-order valence-electron chi connectivity index (χ3n) is 6.86. The largest absolute Gasteiger partial charge is 0.503 e. The van der Waals surface area contributed by atoms with Crippen LogP contribution in [-0.2, 0) is 4.79 Å². The summed E-state index contributed by atoms with van der Waals surface area (Å²) in [6, 6.07) is 14.5. The highest BCUT2D eigenvalue weighted by molar-refractivity contribution is 6.31. The number of carbonyl (C=O) groups is 2. The third kappa shape index (κ3) is 4.54. The quantitative estimate of drug-likeness (QED) is 0.234. The van der Waals surface area contributed by atoms with E-state index in [2.05, 4.69) is 0 Å². The van der Waals surface area contributed by atoms with Crippen LogP contribution < -0.4 is 19.1 Å². The lowest BCUT2D eigenvalue weighted by atomic mass is 9.94. The number of hydrogen-bond donors (Lipinski definition) is 1. The zero-order chi connectivity index (χ0) is 28.7. The molecule has 1 aromatic heterocycles. The normalized spacial score (nSPS) is 15.2. The molecule has 1 unspecified atom stereocenters. The van der Waals surface area contributed by atoms with Gasteiger partial charge in [0.1, 0.15) is 0 Å². The van der Waals surface area contributed by atoms with Crippen molar-refractivity contribution in [2.24, 2.45) is 0 Å². The van der Waals surface area contributed by atoms with Gasteiger partial charge in [0, 0.05) is 22.2 Å². The van der Waals surface area contributed by atoms with Crippen LogP contribution in [0.25, 0.3) is 11.0 Å². The van der Waals surface area contributed by atoms with Gasteiger partial charge < -0.3 is 23.7 Å². The summed E-state index contributed by atoms with van der Waals surface area (Å²) in [6.07, 6.45) is 0. The maximum atomic E-state index is 14.1. The molecule has 0 aliphatic carbocycles. The molecule has 1 amide bonds. The van der Waals surface area contributed by atoms with Crippen molar-refractivity contribution in [2.75, 3.05) is 25.7 Å². The number of ether oxygens (including phenoxy) is 3. The maximum Gasteiger partial charge on any atom is 0.294 e. The monoisotopic (exact) mass is 561 g/mol. The molecule has 1 atom stereocenters. The number of furan rings is 1. The zero-order valence-electron chi connectivity index (χ0n) is 22.7. The van der Waals surface area contributed by atoms with Crippen LogP contribution in [0.1, 0.15) is 40.2 Å². The highest BCUT2D eigenvalue weighted by Gasteiger charge is 2.46. The molecule has 9 heteroatoms. The fourth-order valence-electron chi connectivity index (χ4n) is 5.09. The van der Waals surface area contributed by atoms with Gasteiger partial charge in [0.25, 0.3) is 5.91 Å². The van der Waals surface area contributed by atoms with Crippen molar-refractivity contribution < 1.29 is 33.3 Å². The lowest BCUT2D eigenvalue weighted by Crippen LogP contribution is -2.31. The summed E-state index contributed by atoms with van der Waals surface area (Å²) in [5.74, 6) is -0.790. The van der Waals surface area contributed by atoms with Crippen LogP contribution in [0.15, 0.2) is 70.3 Å². The molecule has 0 bridgehead atoms. The second-order valence-electron chi connectivity index (χ2n) is 9.44. The first-order chi connectivity index (χ1) is 19.2. The van der Waals surface area contributed by atoms with E-state index in [1.54, 1.807) is 36.4 Å². The molecule has 0 spiro atoms. The van der Waals surface area contributed by atoms with Gasteiger partial charge in [0.2, 0.25) is 5.78 Å². The fraction of sp³-hybridized carbons (Fsp3) is 0.226. The van der Waals surface area contributed by atoms with Gasteiger partial charge in [0.15, 0.2) is 34.4 Å². The molecule has 8 nitrogen and oxygen atoms in total. The first-order valence-electron chi connectivity index (χ1n) is 12.6. The molecule has 5 rings (SSSR count). The summed E-state index contributed by atoms with van der Waals surface area (Å²) >= 11 is 6.21. The van der Waals surface area contributed by atoms with Crippen molar-refractivity contribution in [3.63, 3.8) is 0 Å². The molecule has 206 valence electrons. The predicted octanol–water partition coefficient (Wildman–Crippen LogP) is 6.90. The van der Waals surface area contributed by atoms with E-state index in [0.717, 1.165) is 11.1 Å². The number of carbonyl (C=O) groups excluding carboxylic acids is 2. The Morgan fingerprint density at radius 1 is 1.00 bits per heavy atom. The number of aryl methyl sites for hydroxylation is 2. The standard InChI is InChI=1S/C31H28ClNO7/c1-6-39-23-13-18(8-10-22(23)37-4)27-26(29(35)31(36)33(27)21-9-7-16(2)11-17(21)3)28(34)24-14-19-12-20(32)15-25(38-5)30(19)40-24/h7-15,27,35H,6H2,1-5H3. The number of Topliss-reactive ketones (excluding diaryl/α,β-unsaturated/α-hetero) is 1. The van der Waals surface area contributed by atoms with Crippen molar-refractivity contribution in [2.45, 2.75) is 26.8 Å². The van der Waals surface area contributed by atoms with Gasteiger partial charge in [-0.1, -0.05) is 35.4 Å². The van der Waals surface area contributed by atoms with E-state index in [-0.39, 0.29) is 11.3 Å². The number of rotatable bonds is 8. The van der Waals surface area contributed by atoms with E-state index >= 15 is 0 Å². The van der Waals surface area contributed by atoms with Crippen LogP contribution in [0.4, 0.5) is 5.69 Å². The Hall–Kier alpha value is -4.43. The first kappa shape index (κ1) is 27.1. The summed E-state index contributed by atoms with van der Waals surface area (Å²) < 4.78 is 22.5. The number of aliphatic hydroxyl groups is 1. The van der Waals surface area contributed by atoms with E-state index in [4.69, 9.17) is 30.2 Å². The van der Waals surface area contributed by atoms with Crippen molar-refractivity contribution in [1.29, 1.82) is 0 Å². The van der Waals surface area contributed by atoms with Crippen LogP contribution in [0.5, 0.6) is 17.2 Å². The minimum Gasteiger partial charge on any atom is -0.503 e. The molecule has 0 radical (unpaired) electrons. The van der Waals surface area contributed by atoms with Crippen LogP contribution in [-0.4, -0.2) is 37.6 Å². The highest BCUT2D eigenvalue weighted by atomic mass is 35.5. The minimum absolute atomic E-state index is 0.0732. The van der Waals surface area contributed by atoms with Gasteiger partial charge in [-0.15, -0.1) is 0 Å². The number of hydrogen-bond acceptors (Lipinski definition) is 7. The van der Waals surface area contributed by atoms with Crippen LogP contribution >= 0.6 is 11.6 Å². The molecule has 0 fully saturated rings. The van der Waals surface area contributed by atoms with Crippen LogP contribution in [0.3, 0.4) is 0 Å². The lowest BCUT2D eigenvalue weighted by Gasteiger charge is -2.28. The Balaban J connectivity index is 1.70. The van der Waals surface area contributed by atoms with Gasteiger partial charge in [-0.05, 0) is 62.2 Å². The predicted molar refractivity (Wildman–Crippen MR) is 152 cm³/mol. The number of halogens is 1. The second-order valence-corrected chi connectivity index (χ2v) is 9.88. The topological polar surface area (TPSA) is 98.4 Å². The Kier molecular flexibility index (Phi) is 7.21. The molecule has 1 aliphatic rings. The van der Waals surface area contributed by atoms with Gasteiger partial charge in [-0.3, -0.25) is 14.5 Å². The van der Waals surface area contributed by atoms with Crippen molar-refractivity contribution in [3.8, 4) is 17.2 Å². The number of ketones is 1. The third-order valence-corrected chi connectivity index (χ3v) is 7.08. The van der Waals surface area contributed by atoms with Crippen LogP contribution in [0.2, 0.25) is 5.02 Å². The molecule has 0 saturated carbocycles. The van der Waals surface area contributed by atoms with Crippen LogP contribution in [0, 0.1) is 13.8 Å². The molecule has 3 aromatic carbocycles. The minimum atomic E-state index is -0.981. The molecule has 4 aromatic rings. The molecule has 1 aliphatic heterocycles. The lowest BCUT2D eigenvalue weighted by molar-refractivity contribution is -0.117. The van der Waals surface area contributed by atoms with Gasteiger partial charge >= 0.3 is 0 Å². The van der Waals surface area contributed by atoms with Gasteiger partial charge in [-0.25, -0.2) is 0 Å². The SMILES string of the molecule is CCOc1cc(C2C(C(=O)c3cc4cc(Cl)cc(OC)c4o3)=C(O)C(=O)N2c2ccc(C)cc2C)ccc1OC. The highest BCUT2D eigenvalue weighted by Crippen LogP contribution is 2.45. The van der Waals surface area contributed by atoms with Gasteiger partial charge in [-0.2, -0.15) is 0 Å². The van der Waals surface area contributed by atoms with Crippen molar-refractivity contribution >= 4 is 39.9 Å².